The number of guanidine groups is 1. The van der Waals surface area contributed by atoms with E-state index in [2.05, 4.69) is 25.5 Å². The first-order chi connectivity index (χ1) is 11.4. The highest BCUT2D eigenvalue weighted by molar-refractivity contribution is 5.79. The van der Waals surface area contributed by atoms with Gasteiger partial charge in [-0.3, -0.25) is 9.98 Å². The van der Waals surface area contributed by atoms with E-state index in [0.29, 0.717) is 6.54 Å². The highest BCUT2D eigenvalue weighted by Gasteiger charge is 2.08. The van der Waals surface area contributed by atoms with E-state index in [1.165, 1.54) is 58.2 Å². The van der Waals surface area contributed by atoms with Crippen molar-refractivity contribution in [2.45, 2.75) is 45.1 Å². The van der Waals surface area contributed by atoms with E-state index >= 15 is 0 Å². The lowest BCUT2D eigenvalue weighted by Gasteiger charge is -2.26. The largest absolute Gasteiger partial charge is 0.356 e. The van der Waals surface area contributed by atoms with Crippen molar-refractivity contribution in [2.24, 2.45) is 4.99 Å². The first-order valence-corrected chi connectivity index (χ1v) is 8.95. The highest BCUT2D eigenvalue weighted by Crippen LogP contribution is 2.09. The number of nitrogens with one attached hydrogen (secondary N) is 2. The van der Waals surface area contributed by atoms with E-state index in [9.17, 15) is 0 Å². The monoisotopic (exact) mass is 317 g/mol. The van der Waals surface area contributed by atoms with Crippen molar-refractivity contribution in [3.8, 4) is 0 Å². The Kier molecular flexibility index (Phi) is 8.48. The molecule has 128 valence electrons. The summed E-state index contributed by atoms with van der Waals surface area (Å²) in [4.78, 5) is 11.2. The molecule has 1 fully saturated rings. The SMILES string of the molecule is CN=C(NCCCCCN1CCCCC1)NCc1ccccn1. The summed E-state index contributed by atoms with van der Waals surface area (Å²) in [5, 5.41) is 6.67. The number of aliphatic imine (C=N–C) groups is 1. The molecule has 2 heterocycles. The summed E-state index contributed by atoms with van der Waals surface area (Å²) in [6, 6.07) is 5.95. The maximum Gasteiger partial charge on any atom is 0.191 e. The van der Waals surface area contributed by atoms with Gasteiger partial charge in [0.15, 0.2) is 5.96 Å². The third kappa shape index (κ3) is 7.46. The number of likely N-dealkylation sites (tertiary alicyclic amines) is 1. The second kappa shape index (κ2) is 11.0. The predicted octanol–water partition coefficient (Wildman–Crippen LogP) is 2.40. The van der Waals surface area contributed by atoms with Gasteiger partial charge in [0.1, 0.15) is 0 Å². The van der Waals surface area contributed by atoms with Gasteiger partial charge in [0.25, 0.3) is 0 Å². The molecule has 0 amide bonds. The maximum atomic E-state index is 4.30. The fourth-order valence-electron chi connectivity index (χ4n) is 2.92. The molecule has 1 aromatic rings. The van der Waals surface area contributed by atoms with Crippen LogP contribution in [0.25, 0.3) is 0 Å². The Morgan fingerprint density at radius 3 is 2.74 bits per heavy atom. The molecule has 5 heteroatoms. The van der Waals surface area contributed by atoms with Crippen LogP contribution in [0, 0.1) is 0 Å². The number of pyridine rings is 1. The maximum absolute atomic E-state index is 4.30. The van der Waals surface area contributed by atoms with Crippen molar-refractivity contribution in [1.82, 2.24) is 20.5 Å². The summed E-state index contributed by atoms with van der Waals surface area (Å²) in [7, 11) is 1.81. The third-order valence-corrected chi connectivity index (χ3v) is 4.28. The molecule has 0 radical (unpaired) electrons. The zero-order valence-corrected chi connectivity index (χ0v) is 14.4. The summed E-state index contributed by atoms with van der Waals surface area (Å²) in [5.41, 5.74) is 1.02. The number of unbranched alkanes of at least 4 members (excludes halogenated alkanes) is 2. The van der Waals surface area contributed by atoms with Crippen molar-refractivity contribution >= 4 is 5.96 Å². The number of aromatic nitrogens is 1. The van der Waals surface area contributed by atoms with Crippen LogP contribution >= 0.6 is 0 Å². The van der Waals surface area contributed by atoms with Gasteiger partial charge < -0.3 is 15.5 Å². The molecule has 1 saturated heterocycles. The summed E-state index contributed by atoms with van der Waals surface area (Å²) < 4.78 is 0. The Morgan fingerprint density at radius 2 is 2.00 bits per heavy atom. The van der Waals surface area contributed by atoms with Gasteiger partial charge in [0, 0.05) is 19.8 Å². The van der Waals surface area contributed by atoms with Crippen molar-refractivity contribution in [1.29, 1.82) is 0 Å². The van der Waals surface area contributed by atoms with Gasteiger partial charge in [-0.05, 0) is 57.5 Å². The molecule has 0 atom stereocenters. The number of hydrogen-bond acceptors (Lipinski definition) is 3. The minimum absolute atomic E-state index is 0.704. The molecule has 23 heavy (non-hydrogen) atoms. The molecule has 0 aromatic carbocycles. The quantitative estimate of drug-likeness (QED) is 0.439. The van der Waals surface area contributed by atoms with E-state index < -0.39 is 0 Å². The fraction of sp³-hybridized carbons (Fsp3) is 0.667. The van der Waals surface area contributed by atoms with Gasteiger partial charge in [0.2, 0.25) is 0 Å². The predicted molar refractivity (Wildman–Crippen MR) is 96.6 cm³/mol. The molecule has 1 aliphatic rings. The average Bonchev–Trinajstić information content (AvgIpc) is 2.62. The van der Waals surface area contributed by atoms with Crippen molar-refractivity contribution < 1.29 is 0 Å². The lowest BCUT2D eigenvalue weighted by Crippen LogP contribution is -2.37. The van der Waals surface area contributed by atoms with Crippen LogP contribution in [0.4, 0.5) is 0 Å². The Labute approximate surface area is 140 Å². The molecular formula is C18H31N5. The van der Waals surface area contributed by atoms with Crippen molar-refractivity contribution in [2.75, 3.05) is 33.2 Å². The molecule has 1 aliphatic heterocycles. The third-order valence-electron chi connectivity index (χ3n) is 4.28. The fourth-order valence-corrected chi connectivity index (χ4v) is 2.92. The van der Waals surface area contributed by atoms with Crippen molar-refractivity contribution in [3.63, 3.8) is 0 Å². The average molecular weight is 317 g/mol. The molecular weight excluding hydrogens is 286 g/mol. The molecule has 0 bridgehead atoms. The molecule has 0 saturated carbocycles. The van der Waals surface area contributed by atoms with Crippen LogP contribution in [0.1, 0.15) is 44.2 Å². The van der Waals surface area contributed by atoms with Crippen LogP contribution in [0.5, 0.6) is 0 Å². The summed E-state index contributed by atoms with van der Waals surface area (Å²) in [6.45, 7) is 5.56. The smallest absolute Gasteiger partial charge is 0.191 e. The summed E-state index contributed by atoms with van der Waals surface area (Å²) in [5.74, 6) is 0.853. The van der Waals surface area contributed by atoms with Crippen LogP contribution in [-0.2, 0) is 6.54 Å². The zero-order valence-electron chi connectivity index (χ0n) is 14.4. The Morgan fingerprint density at radius 1 is 1.13 bits per heavy atom. The van der Waals surface area contributed by atoms with Gasteiger partial charge >= 0.3 is 0 Å². The van der Waals surface area contributed by atoms with Crippen molar-refractivity contribution in [3.05, 3.63) is 30.1 Å². The van der Waals surface area contributed by atoms with Crippen LogP contribution < -0.4 is 10.6 Å². The van der Waals surface area contributed by atoms with Crippen LogP contribution in [0.2, 0.25) is 0 Å². The molecule has 0 aliphatic carbocycles. The first-order valence-electron chi connectivity index (χ1n) is 8.95. The molecule has 1 aromatic heterocycles. The Hall–Kier alpha value is -1.62. The zero-order chi connectivity index (χ0) is 16.2. The first kappa shape index (κ1) is 17.7. The minimum atomic E-state index is 0.704. The molecule has 0 unspecified atom stereocenters. The molecule has 2 rings (SSSR count). The van der Waals surface area contributed by atoms with Gasteiger partial charge in [-0.2, -0.15) is 0 Å². The second-order valence-electron chi connectivity index (χ2n) is 6.14. The van der Waals surface area contributed by atoms with Gasteiger partial charge in [0.05, 0.1) is 12.2 Å². The Bertz CT molecular complexity index is 440. The van der Waals surface area contributed by atoms with Crippen LogP contribution in [0.15, 0.2) is 29.4 Å². The van der Waals surface area contributed by atoms with E-state index in [-0.39, 0.29) is 0 Å². The summed E-state index contributed by atoms with van der Waals surface area (Å²) >= 11 is 0. The van der Waals surface area contributed by atoms with Crippen LogP contribution in [-0.4, -0.2) is 49.1 Å². The van der Waals surface area contributed by atoms with E-state index in [1.807, 2.05) is 31.4 Å². The van der Waals surface area contributed by atoms with E-state index in [1.54, 1.807) is 0 Å². The number of rotatable bonds is 8. The normalized spacial score (nSPS) is 16.3. The lowest BCUT2D eigenvalue weighted by molar-refractivity contribution is 0.224. The van der Waals surface area contributed by atoms with Gasteiger partial charge in [-0.1, -0.05) is 18.9 Å². The number of nitrogens with zero attached hydrogens (tertiary/aromatic N) is 3. The van der Waals surface area contributed by atoms with E-state index in [4.69, 9.17) is 0 Å². The summed E-state index contributed by atoms with van der Waals surface area (Å²) in [6.07, 6.45) is 9.79. The van der Waals surface area contributed by atoms with Gasteiger partial charge in [-0.15, -0.1) is 0 Å². The Balaban J connectivity index is 1.50. The van der Waals surface area contributed by atoms with E-state index in [0.717, 1.165) is 18.2 Å². The molecule has 2 N–H and O–H groups in total. The topological polar surface area (TPSA) is 52.6 Å². The lowest BCUT2D eigenvalue weighted by atomic mass is 10.1. The second-order valence-corrected chi connectivity index (χ2v) is 6.14. The highest BCUT2D eigenvalue weighted by atomic mass is 15.2. The standard InChI is InChI=1S/C18H31N5/c1-19-18(22-16-17-10-4-6-11-20-17)21-12-5-2-7-13-23-14-8-3-9-15-23/h4,6,10-11H,2-3,5,7-9,12-16H2,1H3,(H2,19,21,22). The van der Waals surface area contributed by atoms with Gasteiger partial charge in [-0.25, -0.2) is 0 Å². The number of piperidine rings is 1. The minimum Gasteiger partial charge on any atom is -0.356 e. The molecule has 5 nitrogen and oxygen atoms in total. The molecule has 0 spiro atoms. The van der Waals surface area contributed by atoms with Crippen LogP contribution in [0.3, 0.4) is 0 Å². The number of hydrogen-bond donors (Lipinski definition) is 2.